The minimum absolute atomic E-state index is 0.207. The molecule has 0 radical (unpaired) electrons. The fourth-order valence-electron chi connectivity index (χ4n) is 2.31. The van der Waals surface area contributed by atoms with Crippen molar-refractivity contribution in [3.05, 3.63) is 51.9 Å². The van der Waals surface area contributed by atoms with Crippen molar-refractivity contribution in [2.24, 2.45) is 0 Å². The van der Waals surface area contributed by atoms with Crippen LogP contribution in [0.4, 0.5) is 10.5 Å². The first-order valence-corrected chi connectivity index (χ1v) is 9.88. The average Bonchev–Trinajstić information content (AvgIpc) is 2.63. The number of benzene rings is 1. The number of carbonyl (C=O) groups is 2. The molecular formula is C20H24IN3O4. The van der Waals surface area contributed by atoms with Crippen molar-refractivity contribution in [3.63, 3.8) is 0 Å². The highest BCUT2D eigenvalue weighted by Gasteiger charge is 2.22. The van der Waals surface area contributed by atoms with Gasteiger partial charge in [-0.1, -0.05) is 12.1 Å². The van der Waals surface area contributed by atoms with E-state index in [0.717, 1.165) is 14.8 Å². The lowest BCUT2D eigenvalue weighted by Crippen LogP contribution is -2.35. The zero-order valence-corrected chi connectivity index (χ0v) is 18.5. The Kier molecular flexibility index (Phi) is 8.04. The zero-order chi connectivity index (χ0) is 20.7. The molecule has 1 aromatic heterocycles. The molecule has 1 atom stereocenters. The highest BCUT2D eigenvalue weighted by molar-refractivity contribution is 14.1. The van der Waals surface area contributed by atoms with Gasteiger partial charge in [0.15, 0.2) is 0 Å². The third kappa shape index (κ3) is 6.66. The van der Waals surface area contributed by atoms with Gasteiger partial charge in [-0.15, -0.1) is 0 Å². The number of halogens is 1. The van der Waals surface area contributed by atoms with Crippen LogP contribution in [0.25, 0.3) is 0 Å². The molecule has 2 aromatic rings. The number of carbonyl (C=O) groups excluding carboxylic acids is 2. The molecule has 0 spiro atoms. The van der Waals surface area contributed by atoms with E-state index in [-0.39, 0.29) is 12.1 Å². The van der Waals surface area contributed by atoms with Gasteiger partial charge >= 0.3 is 12.1 Å². The highest BCUT2D eigenvalue weighted by atomic mass is 127. The lowest BCUT2D eigenvalue weighted by Gasteiger charge is -2.21. The number of nitrogens with one attached hydrogen (secondary N) is 1. The van der Waals surface area contributed by atoms with Gasteiger partial charge in [-0.3, -0.25) is 4.98 Å². The molecule has 0 bridgehead atoms. The number of esters is 1. The Morgan fingerprint density at radius 3 is 2.43 bits per heavy atom. The SMILES string of the molecule is CC(C)OC(=O)[C@H](Cc1ccc(OC(=O)N(C)C)cc1)Nc1ccncc1I. The first-order chi connectivity index (χ1) is 13.3. The predicted octanol–water partition coefficient (Wildman–Crippen LogP) is 3.72. The molecule has 7 nitrogen and oxygen atoms in total. The van der Waals surface area contributed by atoms with Gasteiger partial charge in [-0.25, -0.2) is 9.59 Å². The molecule has 28 heavy (non-hydrogen) atoms. The molecule has 0 aliphatic carbocycles. The van der Waals surface area contributed by atoms with Crippen LogP contribution in [-0.2, 0) is 16.0 Å². The second kappa shape index (κ2) is 10.3. The van der Waals surface area contributed by atoms with Crippen molar-refractivity contribution in [1.29, 1.82) is 0 Å². The van der Waals surface area contributed by atoms with Crippen molar-refractivity contribution in [1.82, 2.24) is 9.88 Å². The quantitative estimate of drug-likeness (QED) is 0.464. The van der Waals surface area contributed by atoms with E-state index >= 15 is 0 Å². The lowest BCUT2D eigenvalue weighted by atomic mass is 10.1. The Balaban J connectivity index is 2.14. The number of rotatable bonds is 7. The minimum Gasteiger partial charge on any atom is -0.461 e. The Morgan fingerprint density at radius 1 is 1.18 bits per heavy atom. The molecule has 0 saturated heterocycles. The molecule has 8 heteroatoms. The standard InChI is InChI=1S/C20H24IN3O4/c1-13(2)27-19(25)18(23-17-9-10-22-12-16(17)21)11-14-5-7-15(8-6-14)28-20(26)24(3)4/h5-10,12-13,18H,11H2,1-4H3,(H,22,23)/t18-/m0/s1. The van der Waals surface area contributed by atoms with Gasteiger partial charge in [0.1, 0.15) is 11.8 Å². The monoisotopic (exact) mass is 497 g/mol. The maximum atomic E-state index is 12.6. The largest absolute Gasteiger partial charge is 0.461 e. The summed E-state index contributed by atoms with van der Waals surface area (Å²) in [6.45, 7) is 3.64. The van der Waals surface area contributed by atoms with Gasteiger partial charge in [0.2, 0.25) is 0 Å². The van der Waals surface area contributed by atoms with Gasteiger partial charge in [0, 0.05) is 32.9 Å². The number of hydrogen-bond acceptors (Lipinski definition) is 6. The van der Waals surface area contributed by atoms with Crippen molar-refractivity contribution >= 4 is 40.3 Å². The first kappa shape index (κ1) is 21.9. The van der Waals surface area contributed by atoms with Gasteiger partial charge in [0.05, 0.1) is 15.4 Å². The smallest absolute Gasteiger partial charge is 0.414 e. The summed E-state index contributed by atoms with van der Waals surface area (Å²) >= 11 is 2.16. The molecule has 0 fully saturated rings. The molecule has 1 amide bonds. The fraction of sp³-hybridized carbons (Fsp3) is 0.350. The van der Waals surface area contributed by atoms with Crippen LogP contribution >= 0.6 is 22.6 Å². The second-order valence-corrected chi connectivity index (χ2v) is 7.81. The molecule has 1 aromatic carbocycles. The predicted molar refractivity (Wildman–Crippen MR) is 115 cm³/mol. The second-order valence-electron chi connectivity index (χ2n) is 6.65. The molecule has 0 unspecified atom stereocenters. The molecule has 0 aliphatic heterocycles. The number of pyridine rings is 1. The maximum Gasteiger partial charge on any atom is 0.414 e. The molecule has 1 N–H and O–H groups in total. The molecule has 1 heterocycles. The van der Waals surface area contributed by atoms with E-state index in [9.17, 15) is 9.59 Å². The number of nitrogens with zero attached hydrogens (tertiary/aromatic N) is 2. The molecule has 0 aliphatic rings. The van der Waals surface area contributed by atoms with Crippen LogP contribution in [-0.4, -0.2) is 48.2 Å². The summed E-state index contributed by atoms with van der Waals surface area (Å²) in [6, 6.07) is 8.32. The van der Waals surface area contributed by atoms with Crippen molar-refractivity contribution in [2.45, 2.75) is 32.4 Å². The van der Waals surface area contributed by atoms with Gasteiger partial charge in [-0.2, -0.15) is 0 Å². The fourth-order valence-corrected chi connectivity index (χ4v) is 2.81. The summed E-state index contributed by atoms with van der Waals surface area (Å²) in [4.78, 5) is 29.6. The number of amides is 1. The Hall–Kier alpha value is -2.36. The van der Waals surface area contributed by atoms with Gasteiger partial charge in [0.25, 0.3) is 0 Å². The van der Waals surface area contributed by atoms with Crippen molar-refractivity contribution < 1.29 is 19.1 Å². The molecular weight excluding hydrogens is 473 g/mol. The van der Waals surface area contributed by atoms with Crippen LogP contribution in [0.1, 0.15) is 19.4 Å². The van der Waals surface area contributed by atoms with E-state index in [1.807, 2.05) is 32.0 Å². The van der Waals surface area contributed by atoms with E-state index < -0.39 is 12.1 Å². The maximum absolute atomic E-state index is 12.6. The lowest BCUT2D eigenvalue weighted by molar-refractivity contribution is -0.148. The summed E-state index contributed by atoms with van der Waals surface area (Å²) in [5.74, 6) is 0.117. The van der Waals surface area contributed by atoms with Crippen molar-refractivity contribution in [2.75, 3.05) is 19.4 Å². The molecule has 150 valence electrons. The third-order valence-electron chi connectivity index (χ3n) is 3.67. The first-order valence-electron chi connectivity index (χ1n) is 8.81. The number of hydrogen-bond donors (Lipinski definition) is 1. The van der Waals surface area contributed by atoms with E-state index in [1.54, 1.807) is 38.6 Å². The Bertz CT molecular complexity index is 809. The number of ether oxygens (including phenoxy) is 2. The van der Waals surface area contributed by atoms with Crippen LogP contribution in [0.3, 0.4) is 0 Å². The zero-order valence-electron chi connectivity index (χ0n) is 16.3. The van der Waals surface area contributed by atoms with E-state index in [2.05, 4.69) is 32.9 Å². The normalized spacial score (nSPS) is 11.6. The minimum atomic E-state index is -0.562. The third-order valence-corrected chi connectivity index (χ3v) is 4.53. The van der Waals surface area contributed by atoms with Crippen LogP contribution in [0.2, 0.25) is 0 Å². The summed E-state index contributed by atoms with van der Waals surface area (Å²) in [6.07, 6.45) is 3.16. The van der Waals surface area contributed by atoms with Crippen LogP contribution < -0.4 is 10.1 Å². The summed E-state index contributed by atoms with van der Waals surface area (Å²) < 4.78 is 11.5. The van der Waals surface area contributed by atoms with Gasteiger partial charge in [-0.05, 0) is 60.2 Å². The molecule has 2 rings (SSSR count). The number of anilines is 1. The Morgan fingerprint density at radius 2 is 1.86 bits per heavy atom. The molecule has 0 saturated carbocycles. The van der Waals surface area contributed by atoms with E-state index in [1.165, 1.54) is 4.90 Å². The average molecular weight is 497 g/mol. The summed E-state index contributed by atoms with van der Waals surface area (Å²) in [5, 5.41) is 3.25. The van der Waals surface area contributed by atoms with Crippen LogP contribution in [0, 0.1) is 3.57 Å². The Labute approximate surface area is 178 Å². The van der Waals surface area contributed by atoms with Crippen LogP contribution in [0.15, 0.2) is 42.7 Å². The summed E-state index contributed by atoms with van der Waals surface area (Å²) in [7, 11) is 3.24. The van der Waals surface area contributed by atoms with E-state index in [4.69, 9.17) is 9.47 Å². The van der Waals surface area contributed by atoms with Crippen molar-refractivity contribution in [3.8, 4) is 5.75 Å². The highest BCUT2D eigenvalue weighted by Crippen LogP contribution is 2.20. The van der Waals surface area contributed by atoms with Crippen LogP contribution in [0.5, 0.6) is 5.75 Å². The van der Waals surface area contributed by atoms with Gasteiger partial charge < -0.3 is 19.7 Å². The summed E-state index contributed by atoms with van der Waals surface area (Å²) in [5.41, 5.74) is 1.73. The number of aromatic nitrogens is 1. The topological polar surface area (TPSA) is 80.8 Å². The van der Waals surface area contributed by atoms with E-state index in [0.29, 0.717) is 12.2 Å².